The van der Waals surface area contributed by atoms with E-state index in [1.54, 1.807) is 24.3 Å². The average Bonchev–Trinajstić information content (AvgIpc) is 2.69. The Kier molecular flexibility index (Phi) is 7.42. The molecule has 0 radical (unpaired) electrons. The number of carbonyl (C=O) groups is 1. The highest BCUT2D eigenvalue weighted by Gasteiger charge is 2.08. The highest BCUT2D eigenvalue weighted by molar-refractivity contribution is 7.89. The molecule has 28 heavy (non-hydrogen) atoms. The maximum atomic E-state index is 11.2. The van der Waals surface area contributed by atoms with Gasteiger partial charge in [-0.25, -0.2) is 18.4 Å². The van der Waals surface area contributed by atoms with Crippen LogP contribution in [0.4, 0.5) is 0 Å². The fourth-order valence-electron chi connectivity index (χ4n) is 2.18. The number of hydrogen-bond donors (Lipinski definition) is 1. The summed E-state index contributed by atoms with van der Waals surface area (Å²) in [6.07, 6.45) is 2.91. The fraction of sp³-hybridized carbons (Fsp3) is 0.211. The first-order valence-electron chi connectivity index (χ1n) is 8.16. The minimum absolute atomic E-state index is 0.0159. The van der Waals surface area contributed by atoms with Crippen molar-refractivity contribution in [1.29, 1.82) is 0 Å². The van der Waals surface area contributed by atoms with Crippen molar-refractivity contribution in [3.8, 4) is 17.2 Å². The fourth-order valence-corrected chi connectivity index (χ4v) is 2.69. The highest BCUT2D eigenvalue weighted by Crippen LogP contribution is 2.28. The van der Waals surface area contributed by atoms with Crippen molar-refractivity contribution in [2.75, 3.05) is 27.4 Å². The molecular formula is C19H21NO7S. The summed E-state index contributed by atoms with van der Waals surface area (Å²) in [6, 6.07) is 11.0. The Morgan fingerprint density at radius 2 is 1.68 bits per heavy atom. The molecule has 0 bridgehead atoms. The van der Waals surface area contributed by atoms with E-state index in [0.717, 1.165) is 5.56 Å². The lowest BCUT2D eigenvalue weighted by atomic mass is 10.2. The topological polar surface area (TPSA) is 114 Å². The lowest BCUT2D eigenvalue weighted by Gasteiger charge is -2.12. The monoisotopic (exact) mass is 407 g/mol. The number of carbonyl (C=O) groups excluding carboxylic acids is 1. The molecule has 0 atom stereocenters. The van der Waals surface area contributed by atoms with Crippen LogP contribution in [0.2, 0.25) is 0 Å². The van der Waals surface area contributed by atoms with Gasteiger partial charge in [0.15, 0.2) is 11.5 Å². The quantitative estimate of drug-likeness (QED) is 0.384. The van der Waals surface area contributed by atoms with E-state index in [4.69, 9.17) is 19.3 Å². The Bertz CT molecular complexity index is 937. The molecule has 0 aliphatic heterocycles. The number of hydrogen-bond acceptors (Lipinski definition) is 7. The van der Waals surface area contributed by atoms with Crippen LogP contribution in [-0.4, -0.2) is 41.8 Å². The first kappa shape index (κ1) is 21.3. The van der Waals surface area contributed by atoms with Gasteiger partial charge in [-0.3, -0.25) is 0 Å². The number of rotatable bonds is 9. The summed E-state index contributed by atoms with van der Waals surface area (Å²) in [5.74, 6) is 1.07. The second kappa shape index (κ2) is 9.77. The smallest absolute Gasteiger partial charge is 0.330 e. The van der Waals surface area contributed by atoms with Crippen LogP contribution in [0.15, 0.2) is 53.4 Å². The molecule has 0 aliphatic rings. The van der Waals surface area contributed by atoms with Gasteiger partial charge in [0.05, 0.1) is 19.1 Å². The van der Waals surface area contributed by atoms with Crippen molar-refractivity contribution < 1.29 is 32.2 Å². The Balaban J connectivity index is 1.90. The van der Waals surface area contributed by atoms with Gasteiger partial charge in [0, 0.05) is 6.08 Å². The second-order valence-electron chi connectivity index (χ2n) is 5.48. The van der Waals surface area contributed by atoms with Crippen molar-refractivity contribution in [2.45, 2.75) is 4.90 Å². The zero-order valence-corrected chi connectivity index (χ0v) is 16.3. The van der Waals surface area contributed by atoms with E-state index in [2.05, 4.69) is 4.74 Å². The van der Waals surface area contributed by atoms with E-state index in [9.17, 15) is 13.2 Å². The van der Waals surface area contributed by atoms with E-state index < -0.39 is 16.0 Å². The molecule has 2 aromatic carbocycles. The molecule has 0 unspecified atom stereocenters. The van der Waals surface area contributed by atoms with Crippen LogP contribution in [0.1, 0.15) is 5.56 Å². The zero-order valence-electron chi connectivity index (χ0n) is 15.5. The van der Waals surface area contributed by atoms with Gasteiger partial charge in [-0.2, -0.15) is 0 Å². The van der Waals surface area contributed by atoms with Crippen LogP contribution in [0.5, 0.6) is 17.2 Å². The SMILES string of the molecule is COC(=O)/C=C/c1ccc(OCCOc2ccc(S(N)(=O)=O)cc2)c(OC)c1. The summed E-state index contributed by atoms with van der Waals surface area (Å²) < 4.78 is 43.4. The van der Waals surface area contributed by atoms with E-state index in [1.807, 2.05) is 0 Å². The lowest BCUT2D eigenvalue weighted by Crippen LogP contribution is -2.12. The van der Waals surface area contributed by atoms with Crippen molar-refractivity contribution in [1.82, 2.24) is 0 Å². The number of nitrogens with two attached hydrogens (primary N) is 1. The molecule has 8 nitrogen and oxygen atoms in total. The second-order valence-corrected chi connectivity index (χ2v) is 7.04. The van der Waals surface area contributed by atoms with Crippen molar-refractivity contribution in [3.05, 3.63) is 54.1 Å². The van der Waals surface area contributed by atoms with Crippen LogP contribution in [0.3, 0.4) is 0 Å². The summed E-state index contributed by atoms with van der Waals surface area (Å²) in [4.78, 5) is 11.2. The molecule has 0 heterocycles. The Hall–Kier alpha value is -3.04. The van der Waals surface area contributed by atoms with Crippen molar-refractivity contribution in [3.63, 3.8) is 0 Å². The van der Waals surface area contributed by atoms with E-state index >= 15 is 0 Å². The molecule has 0 saturated heterocycles. The normalized spacial score (nSPS) is 11.2. The van der Waals surface area contributed by atoms with Crippen LogP contribution < -0.4 is 19.3 Å². The minimum Gasteiger partial charge on any atom is -0.493 e. The van der Waals surface area contributed by atoms with Gasteiger partial charge in [0.1, 0.15) is 19.0 Å². The van der Waals surface area contributed by atoms with Gasteiger partial charge in [-0.1, -0.05) is 6.07 Å². The van der Waals surface area contributed by atoms with Crippen LogP contribution in [0, 0.1) is 0 Å². The largest absolute Gasteiger partial charge is 0.493 e. The molecule has 0 saturated carbocycles. The molecule has 0 fully saturated rings. The van der Waals surface area contributed by atoms with Gasteiger partial charge in [-0.05, 0) is 48.0 Å². The maximum Gasteiger partial charge on any atom is 0.330 e. The van der Waals surface area contributed by atoms with Crippen molar-refractivity contribution >= 4 is 22.1 Å². The number of primary sulfonamides is 1. The number of sulfonamides is 1. The first-order valence-corrected chi connectivity index (χ1v) is 9.70. The summed E-state index contributed by atoms with van der Waals surface area (Å²) in [5.41, 5.74) is 0.751. The highest BCUT2D eigenvalue weighted by atomic mass is 32.2. The summed E-state index contributed by atoms with van der Waals surface area (Å²) in [7, 11) is -0.908. The van der Waals surface area contributed by atoms with E-state index in [1.165, 1.54) is 44.6 Å². The van der Waals surface area contributed by atoms with Crippen LogP contribution in [0.25, 0.3) is 6.08 Å². The molecule has 9 heteroatoms. The molecule has 2 rings (SSSR count). The standard InChI is InChI=1S/C19H21NO7S/c1-24-18-13-14(4-10-19(21)25-2)3-9-17(18)27-12-11-26-15-5-7-16(8-6-15)28(20,22)23/h3-10,13H,11-12H2,1-2H3,(H2,20,22,23)/b10-4+. The molecule has 2 N–H and O–H groups in total. The van der Waals surface area contributed by atoms with E-state index in [-0.39, 0.29) is 18.1 Å². The predicted molar refractivity (Wildman–Crippen MR) is 103 cm³/mol. The van der Waals surface area contributed by atoms with Crippen molar-refractivity contribution in [2.24, 2.45) is 5.14 Å². The Labute approximate surface area is 163 Å². The van der Waals surface area contributed by atoms with Gasteiger partial charge in [0.25, 0.3) is 0 Å². The molecule has 0 spiro atoms. The predicted octanol–water partition coefficient (Wildman–Crippen LogP) is 1.99. The van der Waals surface area contributed by atoms with Gasteiger partial charge >= 0.3 is 5.97 Å². The first-order chi connectivity index (χ1) is 13.3. The third kappa shape index (κ3) is 6.29. The molecule has 0 aliphatic carbocycles. The number of ether oxygens (including phenoxy) is 4. The van der Waals surface area contributed by atoms with E-state index in [0.29, 0.717) is 17.2 Å². The summed E-state index contributed by atoms with van der Waals surface area (Å²) in [5, 5.41) is 5.04. The summed E-state index contributed by atoms with van der Waals surface area (Å²) in [6.45, 7) is 0.479. The third-order valence-corrected chi connectivity index (χ3v) is 4.49. The molecule has 150 valence electrons. The van der Waals surface area contributed by atoms with Crippen LogP contribution >= 0.6 is 0 Å². The molecule has 2 aromatic rings. The molecular weight excluding hydrogens is 386 g/mol. The Morgan fingerprint density at radius 3 is 2.29 bits per heavy atom. The third-order valence-electron chi connectivity index (χ3n) is 3.56. The van der Waals surface area contributed by atoms with Gasteiger partial charge in [0.2, 0.25) is 10.0 Å². The maximum absolute atomic E-state index is 11.2. The average molecular weight is 407 g/mol. The van der Waals surface area contributed by atoms with Gasteiger partial charge < -0.3 is 18.9 Å². The molecule has 0 amide bonds. The minimum atomic E-state index is -3.73. The Morgan fingerprint density at radius 1 is 1.00 bits per heavy atom. The number of esters is 1. The number of methoxy groups -OCH3 is 2. The lowest BCUT2D eigenvalue weighted by molar-refractivity contribution is -0.134. The van der Waals surface area contributed by atoms with Crippen LogP contribution in [-0.2, 0) is 19.6 Å². The molecule has 0 aromatic heterocycles. The zero-order chi connectivity index (χ0) is 20.6. The van der Waals surface area contributed by atoms with Gasteiger partial charge in [-0.15, -0.1) is 0 Å². The summed E-state index contributed by atoms with van der Waals surface area (Å²) >= 11 is 0. The number of benzene rings is 2.